The minimum atomic E-state index is 0.199. The molecule has 15 heavy (non-hydrogen) atoms. The Balaban J connectivity index is 2.12. The van der Waals surface area contributed by atoms with Gasteiger partial charge in [-0.1, -0.05) is 17.8 Å². The molecule has 0 saturated carbocycles. The molecule has 5 heteroatoms. The third-order valence-electron chi connectivity index (χ3n) is 2.00. The molecule has 3 N–H and O–H groups in total. The van der Waals surface area contributed by atoms with E-state index >= 15 is 0 Å². The van der Waals surface area contributed by atoms with Crippen molar-refractivity contribution >= 4 is 11.8 Å². The van der Waals surface area contributed by atoms with Crippen molar-refractivity contribution in [1.29, 1.82) is 0 Å². The fraction of sp³-hybridized carbons (Fsp3) is 0.200. The molecule has 0 aliphatic rings. The maximum absolute atomic E-state index is 5.73. The predicted molar refractivity (Wildman–Crippen MR) is 60.5 cm³/mol. The molecular formula is C10H12N4S. The molecule has 2 aromatic rings. The summed E-state index contributed by atoms with van der Waals surface area (Å²) in [5.74, 6) is 0. The molecule has 0 bridgehead atoms. The average molecular weight is 220 g/mol. The summed E-state index contributed by atoms with van der Waals surface area (Å²) in [6.07, 6.45) is 7.14. The van der Waals surface area contributed by atoms with Crippen LogP contribution in [-0.2, 0) is 0 Å². The summed E-state index contributed by atoms with van der Waals surface area (Å²) >= 11 is 1.62. The summed E-state index contributed by atoms with van der Waals surface area (Å²) in [7, 11) is 0. The van der Waals surface area contributed by atoms with E-state index in [0.717, 1.165) is 10.7 Å². The molecule has 0 saturated heterocycles. The van der Waals surface area contributed by atoms with E-state index < -0.39 is 0 Å². The van der Waals surface area contributed by atoms with Crippen molar-refractivity contribution in [3.8, 4) is 0 Å². The van der Waals surface area contributed by atoms with Gasteiger partial charge in [-0.25, -0.2) is 4.98 Å². The maximum Gasteiger partial charge on any atom is 0.165 e. The van der Waals surface area contributed by atoms with E-state index in [0.29, 0.717) is 6.54 Å². The van der Waals surface area contributed by atoms with E-state index in [1.165, 1.54) is 0 Å². The van der Waals surface area contributed by atoms with Crippen LogP contribution < -0.4 is 5.73 Å². The van der Waals surface area contributed by atoms with Crippen LogP contribution in [0.2, 0.25) is 0 Å². The molecule has 0 amide bonds. The van der Waals surface area contributed by atoms with E-state index in [1.54, 1.807) is 30.4 Å². The highest BCUT2D eigenvalue weighted by atomic mass is 32.2. The zero-order valence-corrected chi connectivity index (χ0v) is 8.95. The van der Waals surface area contributed by atoms with Crippen molar-refractivity contribution in [2.45, 2.75) is 10.4 Å². The molecule has 4 nitrogen and oxygen atoms in total. The van der Waals surface area contributed by atoms with Crippen LogP contribution in [-0.4, -0.2) is 21.5 Å². The molecule has 2 heterocycles. The standard InChI is InChI=1S/C10H12N4S/c11-6-9(8-2-1-3-12-7-8)15-10-13-4-5-14-10/h1-5,7,9H,6,11H2,(H,13,14). The lowest BCUT2D eigenvalue weighted by Gasteiger charge is -2.12. The molecule has 0 radical (unpaired) electrons. The topological polar surface area (TPSA) is 67.6 Å². The number of nitrogens with one attached hydrogen (secondary N) is 1. The first-order chi connectivity index (χ1) is 7.40. The van der Waals surface area contributed by atoms with Gasteiger partial charge >= 0.3 is 0 Å². The number of pyridine rings is 1. The highest BCUT2D eigenvalue weighted by molar-refractivity contribution is 7.99. The number of nitrogens with two attached hydrogens (primary N) is 1. The largest absolute Gasteiger partial charge is 0.340 e. The first-order valence-corrected chi connectivity index (χ1v) is 5.54. The smallest absolute Gasteiger partial charge is 0.165 e. The summed E-state index contributed by atoms with van der Waals surface area (Å²) in [6, 6.07) is 3.95. The van der Waals surface area contributed by atoms with E-state index in [2.05, 4.69) is 15.0 Å². The number of hydrogen-bond acceptors (Lipinski definition) is 4. The Bertz CT molecular complexity index is 387. The highest BCUT2D eigenvalue weighted by Gasteiger charge is 2.12. The van der Waals surface area contributed by atoms with Crippen LogP contribution in [0.3, 0.4) is 0 Å². The summed E-state index contributed by atoms with van der Waals surface area (Å²) < 4.78 is 0. The van der Waals surface area contributed by atoms with Gasteiger partial charge in [0.1, 0.15) is 0 Å². The Labute approximate surface area is 92.3 Å². The van der Waals surface area contributed by atoms with Gasteiger partial charge < -0.3 is 10.7 Å². The van der Waals surface area contributed by atoms with Gasteiger partial charge in [-0.05, 0) is 11.6 Å². The SMILES string of the molecule is NCC(Sc1ncc[nH]1)c1cccnc1. The number of aromatic nitrogens is 3. The van der Waals surface area contributed by atoms with Crippen molar-refractivity contribution in [1.82, 2.24) is 15.0 Å². The van der Waals surface area contributed by atoms with E-state index in [-0.39, 0.29) is 5.25 Å². The van der Waals surface area contributed by atoms with Gasteiger partial charge in [0, 0.05) is 31.3 Å². The van der Waals surface area contributed by atoms with Gasteiger partial charge in [-0.15, -0.1) is 0 Å². The molecule has 2 rings (SSSR count). The predicted octanol–water partition coefficient (Wildman–Crippen LogP) is 1.60. The quantitative estimate of drug-likeness (QED) is 0.768. The molecular weight excluding hydrogens is 208 g/mol. The lowest BCUT2D eigenvalue weighted by atomic mass is 10.2. The summed E-state index contributed by atoms with van der Waals surface area (Å²) in [5.41, 5.74) is 6.86. The number of nitrogens with zero attached hydrogens (tertiary/aromatic N) is 2. The van der Waals surface area contributed by atoms with Crippen molar-refractivity contribution in [2.75, 3.05) is 6.54 Å². The minimum Gasteiger partial charge on any atom is -0.340 e. The molecule has 1 atom stereocenters. The lowest BCUT2D eigenvalue weighted by Crippen LogP contribution is -2.09. The molecule has 0 aliphatic heterocycles. The van der Waals surface area contributed by atoms with Crippen LogP contribution in [0.5, 0.6) is 0 Å². The number of rotatable bonds is 4. The van der Waals surface area contributed by atoms with E-state index in [9.17, 15) is 0 Å². The van der Waals surface area contributed by atoms with Crippen LogP contribution in [0.1, 0.15) is 10.8 Å². The molecule has 0 aliphatic carbocycles. The Morgan fingerprint density at radius 1 is 1.47 bits per heavy atom. The van der Waals surface area contributed by atoms with Crippen molar-refractivity contribution in [3.63, 3.8) is 0 Å². The van der Waals surface area contributed by atoms with Crippen LogP contribution in [0.4, 0.5) is 0 Å². The second-order valence-electron chi connectivity index (χ2n) is 3.02. The third-order valence-corrected chi connectivity index (χ3v) is 3.19. The van der Waals surface area contributed by atoms with Crippen molar-refractivity contribution in [3.05, 3.63) is 42.5 Å². The van der Waals surface area contributed by atoms with Crippen LogP contribution >= 0.6 is 11.8 Å². The first kappa shape index (κ1) is 10.2. The normalized spacial score (nSPS) is 12.6. The number of imidazole rings is 1. The number of H-pyrrole nitrogens is 1. The monoisotopic (exact) mass is 220 g/mol. The molecule has 0 fully saturated rings. The molecule has 0 aromatic carbocycles. The third kappa shape index (κ3) is 2.57. The number of aromatic amines is 1. The Kier molecular flexibility index (Phi) is 3.37. The zero-order valence-electron chi connectivity index (χ0n) is 8.13. The molecule has 1 unspecified atom stereocenters. The number of thioether (sulfide) groups is 1. The van der Waals surface area contributed by atoms with Gasteiger partial charge in [0.25, 0.3) is 0 Å². The van der Waals surface area contributed by atoms with Crippen LogP contribution in [0, 0.1) is 0 Å². The second kappa shape index (κ2) is 4.95. The van der Waals surface area contributed by atoms with Crippen molar-refractivity contribution in [2.24, 2.45) is 5.73 Å². The van der Waals surface area contributed by atoms with Crippen LogP contribution in [0.15, 0.2) is 42.1 Å². The molecule has 2 aromatic heterocycles. The fourth-order valence-electron chi connectivity index (χ4n) is 1.27. The number of hydrogen-bond donors (Lipinski definition) is 2. The van der Waals surface area contributed by atoms with Gasteiger partial charge in [-0.2, -0.15) is 0 Å². The van der Waals surface area contributed by atoms with Crippen molar-refractivity contribution < 1.29 is 0 Å². The van der Waals surface area contributed by atoms with Gasteiger partial charge in [0.2, 0.25) is 0 Å². The van der Waals surface area contributed by atoms with Crippen LogP contribution in [0.25, 0.3) is 0 Å². The highest BCUT2D eigenvalue weighted by Crippen LogP contribution is 2.31. The Morgan fingerprint density at radius 3 is 3.00 bits per heavy atom. The zero-order chi connectivity index (χ0) is 10.5. The second-order valence-corrected chi connectivity index (χ2v) is 4.21. The summed E-state index contributed by atoms with van der Waals surface area (Å²) in [5, 5.41) is 1.08. The van der Waals surface area contributed by atoms with E-state index in [1.807, 2.05) is 18.3 Å². The minimum absolute atomic E-state index is 0.199. The summed E-state index contributed by atoms with van der Waals surface area (Å²) in [6.45, 7) is 0.567. The van der Waals surface area contributed by atoms with E-state index in [4.69, 9.17) is 5.73 Å². The average Bonchev–Trinajstić information content (AvgIpc) is 2.80. The summed E-state index contributed by atoms with van der Waals surface area (Å²) in [4.78, 5) is 11.3. The first-order valence-electron chi connectivity index (χ1n) is 4.66. The van der Waals surface area contributed by atoms with Gasteiger partial charge in [-0.3, -0.25) is 4.98 Å². The van der Waals surface area contributed by atoms with Gasteiger partial charge in [0.15, 0.2) is 5.16 Å². The maximum atomic E-state index is 5.73. The lowest BCUT2D eigenvalue weighted by molar-refractivity contribution is 0.919. The van der Waals surface area contributed by atoms with Gasteiger partial charge in [0.05, 0.1) is 5.25 Å². The Hall–Kier alpha value is -1.33. The molecule has 0 spiro atoms. The molecule has 78 valence electrons. The fourth-order valence-corrected chi connectivity index (χ4v) is 2.17. The Morgan fingerprint density at radius 2 is 2.40 bits per heavy atom.